The summed E-state index contributed by atoms with van der Waals surface area (Å²) in [6.45, 7) is 1.85. The lowest BCUT2D eigenvalue weighted by Gasteiger charge is -2.12. The molecule has 0 aliphatic rings. The van der Waals surface area contributed by atoms with Crippen molar-refractivity contribution in [3.63, 3.8) is 0 Å². The van der Waals surface area contributed by atoms with Gasteiger partial charge in [0, 0.05) is 6.07 Å². The minimum Gasteiger partial charge on any atom is -0.456 e. The van der Waals surface area contributed by atoms with Gasteiger partial charge in [-0.15, -0.1) is 13.2 Å². The highest BCUT2D eigenvalue weighted by Crippen LogP contribution is 2.35. The summed E-state index contributed by atoms with van der Waals surface area (Å²) in [4.78, 5) is 0. The molecule has 0 spiro atoms. The summed E-state index contributed by atoms with van der Waals surface area (Å²) in [6, 6.07) is 10.8. The van der Waals surface area contributed by atoms with Crippen LogP contribution in [0.25, 0.3) is 0 Å². The van der Waals surface area contributed by atoms with Crippen LogP contribution in [0.1, 0.15) is 5.56 Å². The molecule has 0 unspecified atom stereocenters. The zero-order chi connectivity index (χ0) is 14.8. The molecule has 20 heavy (non-hydrogen) atoms. The first kappa shape index (κ1) is 14.5. The predicted molar refractivity (Wildman–Crippen MR) is 69.4 cm³/mol. The van der Waals surface area contributed by atoms with Gasteiger partial charge in [0.25, 0.3) is 0 Å². The zero-order valence-corrected chi connectivity index (χ0v) is 11.1. The zero-order valence-electron chi connectivity index (χ0n) is 10.4. The summed E-state index contributed by atoms with van der Waals surface area (Å²) in [5, 5.41) is 0.0370. The minimum absolute atomic E-state index is 0.0370. The van der Waals surface area contributed by atoms with Gasteiger partial charge < -0.3 is 9.47 Å². The molecular formula is C14H10ClF3O2. The van der Waals surface area contributed by atoms with Crippen molar-refractivity contribution < 1.29 is 22.6 Å². The van der Waals surface area contributed by atoms with E-state index in [9.17, 15) is 13.2 Å². The Morgan fingerprint density at radius 2 is 1.70 bits per heavy atom. The molecule has 0 aromatic heterocycles. The molecule has 2 aromatic rings. The van der Waals surface area contributed by atoms with Crippen molar-refractivity contribution in [1.82, 2.24) is 0 Å². The van der Waals surface area contributed by atoms with E-state index >= 15 is 0 Å². The van der Waals surface area contributed by atoms with Gasteiger partial charge >= 0.3 is 6.36 Å². The quantitative estimate of drug-likeness (QED) is 0.762. The summed E-state index contributed by atoms with van der Waals surface area (Å²) < 4.78 is 45.6. The highest BCUT2D eigenvalue weighted by molar-refractivity contribution is 6.32. The Bertz CT molecular complexity index is 612. The van der Waals surface area contributed by atoms with Crippen molar-refractivity contribution in [1.29, 1.82) is 0 Å². The first-order valence-corrected chi connectivity index (χ1v) is 6.02. The summed E-state index contributed by atoms with van der Waals surface area (Å²) in [5.41, 5.74) is 0.888. The molecule has 0 amide bonds. The van der Waals surface area contributed by atoms with E-state index in [0.717, 1.165) is 17.7 Å². The lowest BCUT2D eigenvalue weighted by atomic mass is 10.2. The summed E-state index contributed by atoms with van der Waals surface area (Å²) in [7, 11) is 0. The van der Waals surface area contributed by atoms with E-state index in [-0.39, 0.29) is 16.5 Å². The van der Waals surface area contributed by atoms with Gasteiger partial charge in [0.05, 0.1) is 5.02 Å². The number of alkyl halides is 3. The number of hydrogen-bond donors (Lipinski definition) is 0. The average molecular weight is 303 g/mol. The van der Waals surface area contributed by atoms with Gasteiger partial charge in [-0.05, 0) is 30.7 Å². The highest BCUT2D eigenvalue weighted by atomic mass is 35.5. The van der Waals surface area contributed by atoms with Gasteiger partial charge in [0.15, 0.2) is 0 Å². The summed E-state index contributed by atoms with van der Waals surface area (Å²) in [5.74, 6) is 0.453. The number of para-hydroxylation sites is 1. The molecule has 0 radical (unpaired) electrons. The number of rotatable bonds is 3. The van der Waals surface area contributed by atoms with E-state index in [1.807, 2.05) is 19.1 Å². The van der Waals surface area contributed by atoms with Crippen LogP contribution < -0.4 is 9.47 Å². The second-order valence-electron chi connectivity index (χ2n) is 4.01. The molecular weight excluding hydrogens is 293 g/mol. The van der Waals surface area contributed by atoms with Gasteiger partial charge in [-0.1, -0.05) is 29.8 Å². The van der Waals surface area contributed by atoms with Crippen LogP contribution in [0.4, 0.5) is 13.2 Å². The van der Waals surface area contributed by atoms with Crippen LogP contribution in [0.5, 0.6) is 17.2 Å². The van der Waals surface area contributed by atoms with Crippen LogP contribution in [0, 0.1) is 6.92 Å². The lowest BCUT2D eigenvalue weighted by molar-refractivity contribution is -0.274. The van der Waals surface area contributed by atoms with E-state index in [1.165, 1.54) is 6.07 Å². The number of benzene rings is 2. The molecule has 2 aromatic carbocycles. The fourth-order valence-electron chi connectivity index (χ4n) is 1.55. The number of halogens is 4. The molecule has 0 saturated heterocycles. The van der Waals surface area contributed by atoms with Crippen LogP contribution in [0.3, 0.4) is 0 Å². The molecule has 106 valence electrons. The fraction of sp³-hybridized carbons (Fsp3) is 0.143. The maximum Gasteiger partial charge on any atom is 0.573 e. The molecule has 2 nitrogen and oxygen atoms in total. The summed E-state index contributed by atoms with van der Waals surface area (Å²) in [6.07, 6.45) is -4.75. The Hall–Kier alpha value is -1.88. The largest absolute Gasteiger partial charge is 0.573 e. The highest BCUT2D eigenvalue weighted by Gasteiger charge is 2.31. The molecule has 0 N–H and O–H groups in total. The Balaban J connectivity index is 2.20. The molecule has 0 aliphatic heterocycles. The Morgan fingerprint density at radius 1 is 1.00 bits per heavy atom. The molecule has 6 heteroatoms. The molecule has 0 bridgehead atoms. The van der Waals surface area contributed by atoms with Crippen LogP contribution in [-0.2, 0) is 0 Å². The van der Waals surface area contributed by atoms with Gasteiger partial charge in [-0.25, -0.2) is 0 Å². The first-order chi connectivity index (χ1) is 9.35. The molecule has 0 atom stereocenters. The van der Waals surface area contributed by atoms with E-state index in [0.29, 0.717) is 5.75 Å². The second kappa shape index (κ2) is 5.63. The van der Waals surface area contributed by atoms with Crippen molar-refractivity contribution >= 4 is 11.6 Å². The molecule has 0 aliphatic carbocycles. The third-order valence-electron chi connectivity index (χ3n) is 2.45. The standard InChI is InChI=1S/C14H10ClF3O2/c1-9-4-2-3-5-12(9)19-13-7-6-10(8-11(13)15)20-14(16,17)18/h2-8H,1H3. The smallest absolute Gasteiger partial charge is 0.456 e. The van der Waals surface area contributed by atoms with Gasteiger partial charge in [-0.2, -0.15) is 0 Å². The van der Waals surface area contributed by atoms with Crippen LogP contribution >= 0.6 is 11.6 Å². The van der Waals surface area contributed by atoms with Crippen molar-refractivity contribution in [2.75, 3.05) is 0 Å². The van der Waals surface area contributed by atoms with Crippen molar-refractivity contribution in [2.45, 2.75) is 13.3 Å². The molecule has 0 saturated carbocycles. The minimum atomic E-state index is -4.75. The maximum absolute atomic E-state index is 12.1. The van der Waals surface area contributed by atoms with Gasteiger partial charge in [0.1, 0.15) is 17.2 Å². The van der Waals surface area contributed by atoms with Crippen LogP contribution in [0.2, 0.25) is 5.02 Å². The van der Waals surface area contributed by atoms with E-state index in [1.54, 1.807) is 12.1 Å². The Labute approximate surface area is 118 Å². The third-order valence-corrected chi connectivity index (χ3v) is 2.75. The van der Waals surface area contributed by atoms with Crippen molar-refractivity contribution in [3.8, 4) is 17.2 Å². The second-order valence-corrected chi connectivity index (χ2v) is 4.41. The molecule has 0 fully saturated rings. The summed E-state index contributed by atoms with van der Waals surface area (Å²) >= 11 is 5.89. The first-order valence-electron chi connectivity index (χ1n) is 5.64. The normalized spacial score (nSPS) is 11.2. The molecule has 0 heterocycles. The Kier molecular flexibility index (Phi) is 4.09. The van der Waals surface area contributed by atoms with Crippen LogP contribution in [-0.4, -0.2) is 6.36 Å². The van der Waals surface area contributed by atoms with E-state index < -0.39 is 6.36 Å². The topological polar surface area (TPSA) is 18.5 Å². The number of hydrogen-bond acceptors (Lipinski definition) is 2. The van der Waals surface area contributed by atoms with Gasteiger partial charge in [-0.3, -0.25) is 0 Å². The van der Waals surface area contributed by atoms with Crippen molar-refractivity contribution in [2.24, 2.45) is 0 Å². The van der Waals surface area contributed by atoms with E-state index in [2.05, 4.69) is 4.74 Å². The molecule has 2 rings (SSSR count). The number of aryl methyl sites for hydroxylation is 1. The number of ether oxygens (including phenoxy) is 2. The SMILES string of the molecule is Cc1ccccc1Oc1ccc(OC(F)(F)F)cc1Cl. The lowest BCUT2D eigenvalue weighted by Crippen LogP contribution is -2.17. The van der Waals surface area contributed by atoms with Gasteiger partial charge in [0.2, 0.25) is 0 Å². The third kappa shape index (κ3) is 3.81. The Morgan fingerprint density at radius 3 is 2.30 bits per heavy atom. The maximum atomic E-state index is 12.1. The van der Waals surface area contributed by atoms with E-state index in [4.69, 9.17) is 16.3 Å². The van der Waals surface area contributed by atoms with Crippen molar-refractivity contribution in [3.05, 3.63) is 53.1 Å². The fourth-order valence-corrected chi connectivity index (χ4v) is 1.76. The predicted octanol–water partition coefficient (Wildman–Crippen LogP) is 5.34. The monoisotopic (exact) mass is 302 g/mol. The van der Waals surface area contributed by atoms with Crippen LogP contribution in [0.15, 0.2) is 42.5 Å². The average Bonchev–Trinajstić information content (AvgIpc) is 2.33.